The van der Waals surface area contributed by atoms with Gasteiger partial charge in [0.15, 0.2) is 5.96 Å². The molecule has 8 heteroatoms. The Bertz CT molecular complexity index is 833. The number of guanidine groups is 1. The van der Waals surface area contributed by atoms with Crippen molar-refractivity contribution in [2.75, 3.05) is 32.1 Å². The first-order valence-corrected chi connectivity index (χ1v) is 10.7. The van der Waals surface area contributed by atoms with Crippen molar-refractivity contribution in [3.05, 3.63) is 42.2 Å². The topological polar surface area (TPSA) is 66.7 Å². The summed E-state index contributed by atoms with van der Waals surface area (Å²) in [4.78, 5) is 6.77. The molecule has 1 aliphatic heterocycles. The number of anilines is 1. The van der Waals surface area contributed by atoms with Crippen LogP contribution in [0.1, 0.15) is 43.8 Å². The Labute approximate surface area is 196 Å². The molecule has 0 bridgehead atoms. The zero-order chi connectivity index (χ0) is 20.1. The summed E-state index contributed by atoms with van der Waals surface area (Å²) in [5.41, 5.74) is 2.21. The molecule has 1 saturated heterocycles. The van der Waals surface area contributed by atoms with Gasteiger partial charge in [0, 0.05) is 32.4 Å². The summed E-state index contributed by atoms with van der Waals surface area (Å²) in [6, 6.07) is 11.2. The Balaban J connectivity index is 0.00000256. The number of benzene rings is 1. The summed E-state index contributed by atoms with van der Waals surface area (Å²) in [7, 11) is 3.55. The molecule has 1 saturated carbocycles. The van der Waals surface area contributed by atoms with Crippen molar-refractivity contribution in [2.45, 2.75) is 50.7 Å². The molecule has 4 rings (SSSR count). The zero-order valence-electron chi connectivity index (χ0n) is 17.9. The van der Waals surface area contributed by atoms with Crippen LogP contribution < -0.4 is 20.3 Å². The molecule has 0 amide bonds. The first-order valence-electron chi connectivity index (χ1n) is 10.7. The first kappa shape index (κ1) is 22.7. The minimum Gasteiger partial charge on any atom is -0.495 e. The number of para-hydroxylation sites is 2. The van der Waals surface area contributed by atoms with Crippen LogP contribution in [0.25, 0.3) is 0 Å². The van der Waals surface area contributed by atoms with Crippen LogP contribution >= 0.6 is 24.0 Å². The Morgan fingerprint density at radius 3 is 2.77 bits per heavy atom. The number of nitrogens with one attached hydrogen (secondary N) is 2. The Hall–Kier alpha value is -1.97. The summed E-state index contributed by atoms with van der Waals surface area (Å²) in [5, 5.41) is 11.7. The fourth-order valence-electron chi connectivity index (χ4n) is 4.39. The molecular formula is C22H33IN6O. The second-order valence-electron chi connectivity index (χ2n) is 7.90. The van der Waals surface area contributed by atoms with Gasteiger partial charge in [0.25, 0.3) is 0 Å². The predicted octanol–water partition coefficient (Wildman–Crippen LogP) is 3.57. The SMILES string of the molecule is CN=C(NCc1ccn(C2CCCC2)n1)NC1CCN(c2ccccc2OC)C1.I. The Kier molecular flexibility index (Phi) is 8.24. The van der Waals surface area contributed by atoms with Crippen LogP contribution in [0.4, 0.5) is 5.69 Å². The van der Waals surface area contributed by atoms with Crippen molar-refractivity contribution in [2.24, 2.45) is 4.99 Å². The molecule has 1 aromatic carbocycles. The fourth-order valence-corrected chi connectivity index (χ4v) is 4.39. The van der Waals surface area contributed by atoms with Crippen molar-refractivity contribution in [1.82, 2.24) is 20.4 Å². The molecule has 1 atom stereocenters. The molecule has 0 radical (unpaired) electrons. The molecule has 0 spiro atoms. The van der Waals surface area contributed by atoms with Crippen LogP contribution in [0.3, 0.4) is 0 Å². The van der Waals surface area contributed by atoms with Crippen molar-refractivity contribution >= 4 is 35.6 Å². The van der Waals surface area contributed by atoms with Gasteiger partial charge in [-0.3, -0.25) is 9.67 Å². The highest BCUT2D eigenvalue weighted by Crippen LogP contribution is 2.30. The van der Waals surface area contributed by atoms with E-state index in [1.54, 1.807) is 7.11 Å². The molecule has 2 heterocycles. The third kappa shape index (κ3) is 5.39. The van der Waals surface area contributed by atoms with E-state index in [0.717, 1.165) is 42.6 Å². The van der Waals surface area contributed by atoms with Crippen LogP contribution in [0.2, 0.25) is 0 Å². The largest absolute Gasteiger partial charge is 0.495 e. The number of nitrogens with zero attached hydrogens (tertiary/aromatic N) is 4. The molecule has 2 aromatic rings. The minimum absolute atomic E-state index is 0. The van der Waals surface area contributed by atoms with Gasteiger partial charge in [0.1, 0.15) is 5.75 Å². The van der Waals surface area contributed by atoms with Gasteiger partial charge in [0.2, 0.25) is 0 Å². The number of aliphatic imine (C=N–C) groups is 1. The highest BCUT2D eigenvalue weighted by Gasteiger charge is 2.25. The molecule has 2 N–H and O–H groups in total. The van der Waals surface area contributed by atoms with Gasteiger partial charge in [-0.2, -0.15) is 5.10 Å². The lowest BCUT2D eigenvalue weighted by atomic mass is 10.2. The lowest BCUT2D eigenvalue weighted by molar-refractivity contribution is 0.415. The molecule has 2 fully saturated rings. The van der Waals surface area contributed by atoms with Gasteiger partial charge in [0.05, 0.1) is 31.1 Å². The van der Waals surface area contributed by atoms with Gasteiger partial charge < -0.3 is 20.3 Å². The van der Waals surface area contributed by atoms with Crippen LogP contribution in [-0.4, -0.2) is 49.0 Å². The van der Waals surface area contributed by atoms with Crippen molar-refractivity contribution in [3.8, 4) is 5.75 Å². The minimum atomic E-state index is 0. The van der Waals surface area contributed by atoms with Gasteiger partial charge >= 0.3 is 0 Å². The number of halogens is 1. The van der Waals surface area contributed by atoms with Crippen LogP contribution in [0.5, 0.6) is 5.75 Å². The third-order valence-corrected chi connectivity index (χ3v) is 5.98. The summed E-state index contributed by atoms with van der Waals surface area (Å²) in [5.74, 6) is 1.75. The summed E-state index contributed by atoms with van der Waals surface area (Å²) in [6.07, 6.45) is 8.33. The molecular weight excluding hydrogens is 491 g/mol. The maximum atomic E-state index is 5.51. The van der Waals surface area contributed by atoms with Crippen LogP contribution in [0.15, 0.2) is 41.5 Å². The van der Waals surface area contributed by atoms with E-state index in [0.29, 0.717) is 18.6 Å². The van der Waals surface area contributed by atoms with Crippen molar-refractivity contribution in [1.29, 1.82) is 0 Å². The zero-order valence-corrected chi connectivity index (χ0v) is 20.2. The maximum absolute atomic E-state index is 5.51. The van der Waals surface area contributed by atoms with E-state index in [1.165, 1.54) is 25.7 Å². The second kappa shape index (κ2) is 10.9. The molecule has 1 aliphatic carbocycles. The highest BCUT2D eigenvalue weighted by atomic mass is 127. The molecule has 164 valence electrons. The number of ether oxygens (including phenoxy) is 1. The maximum Gasteiger partial charge on any atom is 0.191 e. The van der Waals surface area contributed by atoms with E-state index in [-0.39, 0.29) is 24.0 Å². The van der Waals surface area contributed by atoms with E-state index >= 15 is 0 Å². The molecule has 7 nitrogen and oxygen atoms in total. The quantitative estimate of drug-likeness (QED) is 0.344. The first-order chi connectivity index (χ1) is 14.3. The Morgan fingerprint density at radius 1 is 1.20 bits per heavy atom. The van der Waals surface area contributed by atoms with Crippen molar-refractivity contribution in [3.63, 3.8) is 0 Å². The average molecular weight is 524 g/mol. The lowest BCUT2D eigenvalue weighted by Gasteiger charge is -2.22. The number of hydrogen-bond donors (Lipinski definition) is 2. The van der Waals surface area contributed by atoms with Crippen LogP contribution in [0, 0.1) is 0 Å². The van der Waals surface area contributed by atoms with Gasteiger partial charge in [-0.1, -0.05) is 25.0 Å². The monoisotopic (exact) mass is 524 g/mol. The second-order valence-corrected chi connectivity index (χ2v) is 7.90. The van der Waals surface area contributed by atoms with Crippen molar-refractivity contribution < 1.29 is 4.74 Å². The summed E-state index contributed by atoms with van der Waals surface area (Å²) < 4.78 is 7.66. The fraction of sp³-hybridized carbons (Fsp3) is 0.545. The summed E-state index contributed by atoms with van der Waals surface area (Å²) in [6.45, 7) is 2.61. The number of aromatic nitrogens is 2. The summed E-state index contributed by atoms with van der Waals surface area (Å²) >= 11 is 0. The van der Waals surface area contributed by atoms with E-state index < -0.39 is 0 Å². The van der Waals surface area contributed by atoms with E-state index in [2.05, 4.69) is 49.6 Å². The van der Waals surface area contributed by atoms with Crippen LogP contribution in [-0.2, 0) is 6.54 Å². The van der Waals surface area contributed by atoms with E-state index in [1.807, 2.05) is 19.2 Å². The van der Waals surface area contributed by atoms with E-state index in [9.17, 15) is 0 Å². The Morgan fingerprint density at radius 2 is 2.00 bits per heavy atom. The standard InChI is InChI=1S/C22H32N6O.HI/c1-23-22(24-15-17-12-14-28(26-17)19-7-3-4-8-19)25-18-11-13-27(16-18)20-9-5-6-10-21(20)29-2;/h5-6,9-10,12,14,18-19H,3-4,7-8,11,13,15-16H2,1-2H3,(H2,23,24,25);1H. The molecule has 2 aliphatic rings. The lowest BCUT2D eigenvalue weighted by Crippen LogP contribution is -2.44. The highest BCUT2D eigenvalue weighted by molar-refractivity contribution is 14.0. The van der Waals surface area contributed by atoms with Gasteiger partial charge in [-0.25, -0.2) is 0 Å². The average Bonchev–Trinajstić information content (AvgIpc) is 3.52. The normalized spacial score (nSPS) is 19.6. The molecule has 1 aromatic heterocycles. The van der Waals surface area contributed by atoms with E-state index in [4.69, 9.17) is 9.84 Å². The number of methoxy groups -OCH3 is 1. The number of rotatable bonds is 6. The molecule has 1 unspecified atom stereocenters. The van der Waals surface area contributed by atoms with Gasteiger partial charge in [-0.15, -0.1) is 24.0 Å². The smallest absolute Gasteiger partial charge is 0.191 e. The van der Waals surface area contributed by atoms with Gasteiger partial charge in [-0.05, 0) is 37.5 Å². The third-order valence-electron chi connectivity index (χ3n) is 5.98. The molecule has 30 heavy (non-hydrogen) atoms. The number of hydrogen-bond acceptors (Lipinski definition) is 4. The predicted molar refractivity (Wildman–Crippen MR) is 132 cm³/mol.